The van der Waals surface area contributed by atoms with Crippen molar-refractivity contribution in [1.82, 2.24) is 14.4 Å². The van der Waals surface area contributed by atoms with Crippen LogP contribution in [0.25, 0.3) is 0 Å². The summed E-state index contributed by atoms with van der Waals surface area (Å²) in [7, 11) is 3.61. The van der Waals surface area contributed by atoms with Gasteiger partial charge in [0.25, 0.3) is 5.91 Å². The number of hydrogen-bond acceptors (Lipinski definition) is 3. The van der Waals surface area contributed by atoms with E-state index in [4.69, 9.17) is 4.74 Å². The van der Waals surface area contributed by atoms with Gasteiger partial charge in [0.2, 0.25) is 0 Å². The minimum atomic E-state index is -0.515. The topological polar surface area (TPSA) is 54.8 Å². The van der Waals surface area contributed by atoms with Crippen molar-refractivity contribution in [3.63, 3.8) is 0 Å². The van der Waals surface area contributed by atoms with Gasteiger partial charge in [0.15, 0.2) is 0 Å². The molecule has 2 amide bonds. The second kappa shape index (κ2) is 6.64. The second-order valence-electron chi connectivity index (χ2n) is 7.14. The Morgan fingerprint density at radius 2 is 2.04 bits per heavy atom. The minimum Gasteiger partial charge on any atom is -0.444 e. The maximum atomic E-state index is 12.6. The standard InChI is InChI=1S/C17H27N3O3/c1-17(2,3)23-16(22)19(5)13-8-6-11-20(12-13)15(21)14-9-7-10-18(14)4/h7,9-10,13H,6,8,11-12H2,1-5H3/t13-/m1/s1. The van der Waals surface area contributed by atoms with Crippen molar-refractivity contribution in [2.45, 2.75) is 45.3 Å². The number of rotatable bonds is 2. The highest BCUT2D eigenvalue weighted by molar-refractivity contribution is 5.92. The molecule has 0 aromatic carbocycles. The summed E-state index contributed by atoms with van der Waals surface area (Å²) in [6, 6.07) is 3.67. The zero-order valence-corrected chi connectivity index (χ0v) is 14.7. The largest absolute Gasteiger partial charge is 0.444 e. The molecular weight excluding hydrogens is 294 g/mol. The predicted octanol–water partition coefficient (Wildman–Crippen LogP) is 2.50. The third-order valence-corrected chi connectivity index (χ3v) is 4.08. The molecule has 1 aromatic rings. The van der Waals surface area contributed by atoms with Crippen molar-refractivity contribution in [3.05, 3.63) is 24.0 Å². The molecule has 2 heterocycles. The predicted molar refractivity (Wildman–Crippen MR) is 88.3 cm³/mol. The third-order valence-electron chi connectivity index (χ3n) is 4.08. The van der Waals surface area contributed by atoms with E-state index in [0.717, 1.165) is 19.4 Å². The number of aromatic nitrogens is 1. The molecule has 1 aliphatic heterocycles. The number of aryl methyl sites for hydroxylation is 1. The van der Waals surface area contributed by atoms with Gasteiger partial charge in [-0.15, -0.1) is 0 Å². The lowest BCUT2D eigenvalue weighted by Crippen LogP contribution is -2.51. The first-order chi connectivity index (χ1) is 10.7. The lowest BCUT2D eigenvalue weighted by molar-refractivity contribution is 0.0130. The molecule has 0 bridgehead atoms. The number of likely N-dealkylation sites (tertiary alicyclic amines) is 1. The van der Waals surface area contributed by atoms with Crippen LogP contribution in [0.2, 0.25) is 0 Å². The SMILES string of the molecule is CN(C(=O)OC(C)(C)C)[C@@H]1CCCN(C(=O)c2cccn2C)C1. The number of piperidine rings is 1. The van der Waals surface area contributed by atoms with Gasteiger partial charge in [-0.3, -0.25) is 4.79 Å². The van der Waals surface area contributed by atoms with Crippen molar-refractivity contribution in [2.24, 2.45) is 7.05 Å². The fraction of sp³-hybridized carbons (Fsp3) is 0.647. The fourth-order valence-corrected chi connectivity index (χ4v) is 2.78. The number of ether oxygens (including phenoxy) is 1. The quantitative estimate of drug-likeness (QED) is 0.841. The monoisotopic (exact) mass is 321 g/mol. The zero-order valence-electron chi connectivity index (χ0n) is 14.7. The number of carbonyl (C=O) groups excluding carboxylic acids is 2. The third kappa shape index (κ3) is 4.27. The average Bonchev–Trinajstić information content (AvgIpc) is 2.90. The Hall–Kier alpha value is -1.98. The molecule has 0 aliphatic carbocycles. The minimum absolute atomic E-state index is 0.0113. The maximum absolute atomic E-state index is 12.6. The van der Waals surface area contributed by atoms with Crippen molar-refractivity contribution in [2.75, 3.05) is 20.1 Å². The summed E-state index contributed by atoms with van der Waals surface area (Å²) in [5, 5.41) is 0. The summed E-state index contributed by atoms with van der Waals surface area (Å²) in [5.74, 6) is 0.0137. The van der Waals surface area contributed by atoms with E-state index in [1.54, 1.807) is 11.9 Å². The van der Waals surface area contributed by atoms with Crippen molar-refractivity contribution >= 4 is 12.0 Å². The Kier molecular flexibility index (Phi) is 5.02. The van der Waals surface area contributed by atoms with Crippen LogP contribution in [-0.4, -0.2) is 58.1 Å². The molecule has 128 valence electrons. The van der Waals surface area contributed by atoms with Crippen LogP contribution in [0.1, 0.15) is 44.1 Å². The summed E-state index contributed by atoms with van der Waals surface area (Å²) >= 11 is 0. The van der Waals surface area contributed by atoms with E-state index in [1.165, 1.54) is 0 Å². The number of amides is 2. The van der Waals surface area contributed by atoms with E-state index in [-0.39, 0.29) is 18.0 Å². The zero-order chi connectivity index (χ0) is 17.2. The Morgan fingerprint density at radius 3 is 2.61 bits per heavy atom. The first-order valence-electron chi connectivity index (χ1n) is 8.05. The van der Waals surface area contributed by atoms with Gasteiger partial charge in [0, 0.05) is 33.4 Å². The molecule has 2 rings (SSSR count). The summed E-state index contributed by atoms with van der Waals surface area (Å²) < 4.78 is 7.24. The molecule has 0 saturated carbocycles. The Morgan fingerprint density at radius 1 is 1.35 bits per heavy atom. The maximum Gasteiger partial charge on any atom is 0.410 e. The van der Waals surface area contributed by atoms with Crippen LogP contribution in [0.5, 0.6) is 0 Å². The van der Waals surface area contributed by atoms with Crippen molar-refractivity contribution < 1.29 is 14.3 Å². The van der Waals surface area contributed by atoms with Gasteiger partial charge in [-0.1, -0.05) is 0 Å². The van der Waals surface area contributed by atoms with Crippen LogP contribution in [0, 0.1) is 0 Å². The molecule has 6 nitrogen and oxygen atoms in total. The molecule has 23 heavy (non-hydrogen) atoms. The van der Waals surface area contributed by atoms with Crippen LogP contribution in [0.3, 0.4) is 0 Å². The van der Waals surface area contributed by atoms with E-state index in [9.17, 15) is 9.59 Å². The summed E-state index contributed by atoms with van der Waals surface area (Å²) in [6.07, 6.45) is 3.29. The van der Waals surface area contributed by atoms with Gasteiger partial charge in [-0.2, -0.15) is 0 Å². The van der Waals surface area contributed by atoms with E-state index < -0.39 is 5.60 Å². The van der Waals surface area contributed by atoms with Crippen molar-refractivity contribution in [1.29, 1.82) is 0 Å². The normalized spacial score (nSPS) is 18.7. The second-order valence-corrected chi connectivity index (χ2v) is 7.14. The molecule has 0 unspecified atom stereocenters. The number of likely N-dealkylation sites (N-methyl/N-ethyl adjacent to an activating group) is 1. The molecular formula is C17H27N3O3. The molecule has 1 saturated heterocycles. The van der Waals surface area contributed by atoms with E-state index in [1.807, 2.05) is 55.6 Å². The number of hydrogen-bond donors (Lipinski definition) is 0. The molecule has 6 heteroatoms. The molecule has 0 spiro atoms. The van der Waals surface area contributed by atoms with E-state index in [0.29, 0.717) is 12.2 Å². The number of nitrogens with zero attached hydrogens (tertiary/aromatic N) is 3. The highest BCUT2D eigenvalue weighted by atomic mass is 16.6. The van der Waals surface area contributed by atoms with Crippen LogP contribution in [-0.2, 0) is 11.8 Å². The van der Waals surface area contributed by atoms with Gasteiger partial charge >= 0.3 is 6.09 Å². The summed E-state index contributed by atoms with van der Waals surface area (Å²) in [6.45, 7) is 6.82. The van der Waals surface area contributed by atoms with Crippen LogP contribution in [0.4, 0.5) is 4.79 Å². The molecule has 1 fully saturated rings. The summed E-state index contributed by atoms with van der Waals surface area (Å²) in [5.41, 5.74) is 0.157. The fourth-order valence-electron chi connectivity index (χ4n) is 2.78. The molecule has 1 aromatic heterocycles. The molecule has 1 aliphatic rings. The van der Waals surface area contributed by atoms with E-state index in [2.05, 4.69) is 0 Å². The Balaban J connectivity index is 2.02. The lowest BCUT2D eigenvalue weighted by Gasteiger charge is -2.38. The van der Waals surface area contributed by atoms with E-state index >= 15 is 0 Å². The Labute approximate surface area is 138 Å². The molecule has 0 radical (unpaired) electrons. The highest BCUT2D eigenvalue weighted by Crippen LogP contribution is 2.19. The molecule has 0 N–H and O–H groups in total. The van der Waals surface area contributed by atoms with Gasteiger partial charge in [-0.05, 0) is 45.7 Å². The number of carbonyl (C=O) groups is 2. The smallest absolute Gasteiger partial charge is 0.410 e. The van der Waals surface area contributed by atoms with Crippen LogP contribution in [0.15, 0.2) is 18.3 Å². The van der Waals surface area contributed by atoms with Gasteiger partial charge in [0.1, 0.15) is 11.3 Å². The molecule has 1 atom stereocenters. The summed E-state index contributed by atoms with van der Waals surface area (Å²) in [4.78, 5) is 28.3. The van der Waals surface area contributed by atoms with Gasteiger partial charge in [-0.25, -0.2) is 4.79 Å². The highest BCUT2D eigenvalue weighted by Gasteiger charge is 2.31. The van der Waals surface area contributed by atoms with Gasteiger partial charge < -0.3 is 19.1 Å². The average molecular weight is 321 g/mol. The van der Waals surface area contributed by atoms with Crippen LogP contribution >= 0.6 is 0 Å². The first kappa shape index (κ1) is 17.4. The lowest BCUT2D eigenvalue weighted by atomic mass is 10.0. The van der Waals surface area contributed by atoms with Gasteiger partial charge in [0.05, 0.1) is 6.04 Å². The Bertz CT molecular complexity index is 574. The van der Waals surface area contributed by atoms with Crippen LogP contribution < -0.4 is 0 Å². The first-order valence-corrected chi connectivity index (χ1v) is 8.05. The van der Waals surface area contributed by atoms with Crippen molar-refractivity contribution in [3.8, 4) is 0 Å².